The van der Waals surface area contributed by atoms with Crippen LogP contribution in [0.4, 0.5) is 5.00 Å². The molecule has 1 heterocycles. The summed E-state index contributed by atoms with van der Waals surface area (Å²) in [6.07, 6.45) is 4.07. The second kappa shape index (κ2) is 9.61. The fourth-order valence-electron chi connectivity index (χ4n) is 3.65. The molecule has 0 spiro atoms. The van der Waals surface area contributed by atoms with Crippen molar-refractivity contribution in [1.29, 1.82) is 0 Å². The summed E-state index contributed by atoms with van der Waals surface area (Å²) in [6.45, 7) is 6.31. The van der Waals surface area contributed by atoms with Gasteiger partial charge in [0, 0.05) is 10.6 Å². The molecule has 2 aromatic rings. The molecule has 0 unspecified atom stereocenters. The summed E-state index contributed by atoms with van der Waals surface area (Å²) in [6, 6.07) is 6.46. The molecule has 1 amide bonds. The van der Waals surface area contributed by atoms with Gasteiger partial charge in [0.25, 0.3) is 0 Å². The lowest BCUT2D eigenvalue weighted by Crippen LogP contribution is -2.17. The van der Waals surface area contributed by atoms with Crippen molar-refractivity contribution in [2.24, 2.45) is 0 Å². The van der Waals surface area contributed by atoms with Crippen LogP contribution in [0.1, 0.15) is 57.3 Å². The lowest BCUT2D eigenvalue weighted by molar-refractivity contribution is -0.113. The van der Waals surface area contributed by atoms with Gasteiger partial charge in [-0.3, -0.25) is 4.79 Å². The van der Waals surface area contributed by atoms with Gasteiger partial charge in [-0.05, 0) is 57.6 Å². The van der Waals surface area contributed by atoms with Crippen molar-refractivity contribution < 1.29 is 14.3 Å². The van der Waals surface area contributed by atoms with E-state index in [1.165, 1.54) is 32.9 Å². The van der Waals surface area contributed by atoms with Crippen molar-refractivity contribution >= 4 is 40.0 Å². The van der Waals surface area contributed by atoms with Crippen molar-refractivity contribution in [3.8, 4) is 0 Å². The van der Waals surface area contributed by atoms with Crippen LogP contribution in [0.25, 0.3) is 0 Å². The SMILES string of the molecule is CCOC(=O)c1c(NC(=O)CSCc2cc(C)cc(C)c2)sc2c1CCCC2. The normalized spacial score (nSPS) is 13.1. The zero-order chi connectivity index (χ0) is 20.1. The summed E-state index contributed by atoms with van der Waals surface area (Å²) in [7, 11) is 0. The number of nitrogens with one attached hydrogen (secondary N) is 1. The maximum Gasteiger partial charge on any atom is 0.341 e. The number of anilines is 1. The molecule has 6 heteroatoms. The summed E-state index contributed by atoms with van der Waals surface area (Å²) in [5.41, 5.74) is 5.36. The molecule has 0 atom stereocenters. The Bertz CT molecular complexity index is 853. The smallest absolute Gasteiger partial charge is 0.341 e. The summed E-state index contributed by atoms with van der Waals surface area (Å²) < 4.78 is 5.25. The lowest BCUT2D eigenvalue weighted by Gasteiger charge is -2.12. The van der Waals surface area contributed by atoms with E-state index in [9.17, 15) is 9.59 Å². The van der Waals surface area contributed by atoms with Gasteiger partial charge in [-0.15, -0.1) is 23.1 Å². The predicted octanol–water partition coefficient (Wildman–Crippen LogP) is 5.29. The average Bonchev–Trinajstić information content (AvgIpc) is 2.98. The minimum Gasteiger partial charge on any atom is -0.462 e. The highest BCUT2D eigenvalue weighted by molar-refractivity contribution is 7.99. The third-order valence-corrected chi connectivity index (χ3v) is 6.90. The molecule has 0 saturated carbocycles. The van der Waals surface area contributed by atoms with Crippen LogP contribution in [0, 0.1) is 13.8 Å². The standard InChI is InChI=1S/C22H27NO3S2/c1-4-26-22(25)20-17-7-5-6-8-18(17)28-21(20)23-19(24)13-27-12-16-10-14(2)9-15(3)11-16/h9-11H,4-8,12-13H2,1-3H3,(H,23,24). The molecule has 3 rings (SSSR count). The molecule has 0 radical (unpaired) electrons. The number of benzene rings is 1. The van der Waals surface area contributed by atoms with Gasteiger partial charge in [-0.25, -0.2) is 4.79 Å². The second-order valence-electron chi connectivity index (χ2n) is 7.17. The van der Waals surface area contributed by atoms with E-state index in [0.29, 0.717) is 22.9 Å². The molecule has 1 N–H and O–H groups in total. The van der Waals surface area contributed by atoms with Crippen LogP contribution < -0.4 is 5.32 Å². The van der Waals surface area contributed by atoms with Gasteiger partial charge in [0.05, 0.1) is 17.9 Å². The van der Waals surface area contributed by atoms with E-state index in [2.05, 4.69) is 37.4 Å². The first kappa shape index (κ1) is 20.9. The molecule has 0 bridgehead atoms. The van der Waals surface area contributed by atoms with Crippen LogP contribution in [-0.2, 0) is 28.1 Å². The summed E-state index contributed by atoms with van der Waals surface area (Å²) >= 11 is 3.12. The van der Waals surface area contributed by atoms with Gasteiger partial charge in [0.15, 0.2) is 0 Å². The predicted molar refractivity (Wildman–Crippen MR) is 118 cm³/mol. The van der Waals surface area contributed by atoms with Gasteiger partial charge >= 0.3 is 5.97 Å². The van der Waals surface area contributed by atoms with Crippen molar-refractivity contribution in [3.05, 3.63) is 50.9 Å². The number of hydrogen-bond donors (Lipinski definition) is 1. The first-order chi connectivity index (χ1) is 13.5. The minimum absolute atomic E-state index is 0.0708. The van der Waals surface area contributed by atoms with Gasteiger partial charge in [0.2, 0.25) is 5.91 Å². The molecule has 150 valence electrons. The Labute approximate surface area is 175 Å². The number of ether oxygens (including phenoxy) is 1. The van der Waals surface area contributed by atoms with Crippen molar-refractivity contribution in [2.75, 3.05) is 17.7 Å². The Morgan fingerprint density at radius 1 is 1.14 bits per heavy atom. The van der Waals surface area contributed by atoms with Gasteiger partial charge < -0.3 is 10.1 Å². The van der Waals surface area contributed by atoms with Crippen molar-refractivity contribution in [1.82, 2.24) is 0 Å². The number of thiophene rings is 1. The number of esters is 1. The second-order valence-corrected chi connectivity index (χ2v) is 9.26. The topological polar surface area (TPSA) is 55.4 Å². The summed E-state index contributed by atoms with van der Waals surface area (Å²) in [4.78, 5) is 26.2. The number of thioether (sulfide) groups is 1. The molecule has 4 nitrogen and oxygen atoms in total. The number of amides is 1. The van der Waals surface area contributed by atoms with Crippen LogP contribution in [0.15, 0.2) is 18.2 Å². The Kier molecular flexibility index (Phi) is 7.18. The van der Waals surface area contributed by atoms with Crippen molar-refractivity contribution in [3.63, 3.8) is 0 Å². The van der Waals surface area contributed by atoms with E-state index in [-0.39, 0.29) is 11.9 Å². The quantitative estimate of drug-likeness (QED) is 0.622. The molecule has 28 heavy (non-hydrogen) atoms. The van der Waals surface area contributed by atoms with Crippen LogP contribution in [-0.4, -0.2) is 24.2 Å². The number of rotatable bonds is 7. The van der Waals surface area contributed by atoms with E-state index in [4.69, 9.17) is 4.74 Å². The minimum atomic E-state index is -0.319. The third kappa shape index (κ3) is 5.17. The largest absolute Gasteiger partial charge is 0.462 e. The molecule has 0 fully saturated rings. The molecule has 1 aromatic carbocycles. The summed E-state index contributed by atoms with van der Waals surface area (Å²) in [5, 5.41) is 3.63. The highest BCUT2D eigenvalue weighted by Crippen LogP contribution is 2.38. The van der Waals surface area contributed by atoms with Gasteiger partial charge in [-0.2, -0.15) is 0 Å². The number of hydrogen-bond acceptors (Lipinski definition) is 5. The van der Waals surface area contributed by atoms with E-state index in [0.717, 1.165) is 37.0 Å². The maximum atomic E-state index is 12.5. The average molecular weight is 418 g/mol. The highest BCUT2D eigenvalue weighted by Gasteiger charge is 2.27. The van der Waals surface area contributed by atoms with Crippen molar-refractivity contribution in [2.45, 2.75) is 52.2 Å². The Morgan fingerprint density at radius 3 is 2.57 bits per heavy atom. The lowest BCUT2D eigenvalue weighted by atomic mass is 9.95. The van der Waals surface area contributed by atoms with E-state index in [1.54, 1.807) is 18.7 Å². The number of carbonyl (C=O) groups excluding carboxylic acids is 2. The van der Waals surface area contributed by atoms with Gasteiger partial charge in [-0.1, -0.05) is 29.3 Å². The highest BCUT2D eigenvalue weighted by atomic mass is 32.2. The first-order valence-electron chi connectivity index (χ1n) is 9.74. The zero-order valence-electron chi connectivity index (χ0n) is 16.7. The molecular formula is C22H27NO3S2. The monoisotopic (exact) mass is 417 g/mol. The number of fused-ring (bicyclic) bond motifs is 1. The molecule has 1 aromatic heterocycles. The van der Waals surface area contributed by atoms with Crippen LogP contribution >= 0.6 is 23.1 Å². The number of carbonyl (C=O) groups is 2. The van der Waals surface area contributed by atoms with E-state index >= 15 is 0 Å². The molecule has 1 aliphatic rings. The molecule has 0 aliphatic heterocycles. The fourth-order valence-corrected chi connectivity index (χ4v) is 5.71. The molecule has 1 aliphatic carbocycles. The van der Waals surface area contributed by atoms with Gasteiger partial charge in [0.1, 0.15) is 5.00 Å². The molecule has 0 saturated heterocycles. The van der Waals surface area contributed by atoms with Crippen LogP contribution in [0.5, 0.6) is 0 Å². The molecular weight excluding hydrogens is 390 g/mol. The van der Waals surface area contributed by atoms with E-state index < -0.39 is 0 Å². The Morgan fingerprint density at radius 2 is 1.86 bits per heavy atom. The summed E-state index contributed by atoms with van der Waals surface area (Å²) in [5.74, 6) is 0.762. The van der Waals surface area contributed by atoms with Crippen LogP contribution in [0.3, 0.4) is 0 Å². The zero-order valence-corrected chi connectivity index (χ0v) is 18.4. The Hall–Kier alpha value is -1.79. The fraction of sp³-hybridized carbons (Fsp3) is 0.455. The Balaban J connectivity index is 1.64. The number of aryl methyl sites for hydroxylation is 3. The maximum absolute atomic E-state index is 12.5. The first-order valence-corrected chi connectivity index (χ1v) is 11.7. The third-order valence-electron chi connectivity index (χ3n) is 4.69. The van der Waals surface area contributed by atoms with E-state index in [1.807, 2.05) is 0 Å². The van der Waals surface area contributed by atoms with Crippen LogP contribution in [0.2, 0.25) is 0 Å².